The molecule has 2 atom stereocenters. The van der Waals surface area contributed by atoms with E-state index >= 15 is 0 Å². The van der Waals surface area contributed by atoms with Gasteiger partial charge in [-0.2, -0.15) is 0 Å². The van der Waals surface area contributed by atoms with E-state index in [1.54, 1.807) is 0 Å². The summed E-state index contributed by atoms with van der Waals surface area (Å²) in [5, 5.41) is 10.2. The highest BCUT2D eigenvalue weighted by Crippen LogP contribution is 2.30. The number of aliphatic hydroxyl groups is 1. The molecule has 0 radical (unpaired) electrons. The molecule has 2 aliphatic carbocycles. The predicted octanol–water partition coefficient (Wildman–Crippen LogP) is 2.65. The molecule has 1 N–H and O–H groups in total. The number of anilines is 1. The van der Waals surface area contributed by atoms with Gasteiger partial charge >= 0.3 is 0 Å². The minimum absolute atomic E-state index is 0.139. The van der Waals surface area contributed by atoms with E-state index in [1.165, 1.54) is 36.9 Å². The molecule has 1 saturated carbocycles. The molecule has 1 fully saturated rings. The maximum absolute atomic E-state index is 10.2. The van der Waals surface area contributed by atoms with Crippen LogP contribution in [0.1, 0.15) is 55.6 Å². The summed E-state index contributed by atoms with van der Waals surface area (Å²) in [7, 11) is 2.12. The molecular weight excluding hydrogens is 262 g/mol. The van der Waals surface area contributed by atoms with Crippen molar-refractivity contribution in [2.75, 3.05) is 18.5 Å². The first-order valence-corrected chi connectivity index (χ1v) is 8.40. The van der Waals surface area contributed by atoms with Crippen LogP contribution < -0.4 is 4.90 Å². The van der Waals surface area contributed by atoms with E-state index in [2.05, 4.69) is 16.9 Å². The normalized spacial score (nSPS) is 25.5. The monoisotopic (exact) mass is 289 g/mol. The van der Waals surface area contributed by atoms with E-state index in [9.17, 15) is 5.11 Å². The summed E-state index contributed by atoms with van der Waals surface area (Å²) >= 11 is 0. The Balaban J connectivity index is 1.80. The van der Waals surface area contributed by atoms with Crippen molar-refractivity contribution in [1.29, 1.82) is 0 Å². The van der Waals surface area contributed by atoms with Gasteiger partial charge in [-0.05, 0) is 45.4 Å². The third-order valence-corrected chi connectivity index (χ3v) is 5.01. The van der Waals surface area contributed by atoms with E-state index in [-0.39, 0.29) is 6.10 Å². The van der Waals surface area contributed by atoms with E-state index in [4.69, 9.17) is 4.98 Å². The van der Waals surface area contributed by atoms with Crippen LogP contribution in [-0.4, -0.2) is 34.8 Å². The highest BCUT2D eigenvalue weighted by atomic mass is 16.3. The number of aliphatic hydroxyl groups excluding tert-OH is 1. The van der Waals surface area contributed by atoms with Crippen LogP contribution in [0.25, 0.3) is 0 Å². The van der Waals surface area contributed by atoms with Crippen LogP contribution in [-0.2, 0) is 12.8 Å². The number of nitrogens with zero attached hydrogens (tertiary/aromatic N) is 3. The van der Waals surface area contributed by atoms with Crippen molar-refractivity contribution in [3.63, 3.8) is 0 Å². The first-order chi connectivity index (χ1) is 10.1. The van der Waals surface area contributed by atoms with Gasteiger partial charge in [-0.25, -0.2) is 9.97 Å². The number of hydrogen-bond acceptors (Lipinski definition) is 4. The van der Waals surface area contributed by atoms with E-state index in [0.717, 1.165) is 43.9 Å². The summed E-state index contributed by atoms with van der Waals surface area (Å²) in [6.07, 6.45) is 9.05. The zero-order valence-electron chi connectivity index (χ0n) is 13.3. The lowest BCUT2D eigenvalue weighted by atomic mass is 9.86. The molecule has 21 heavy (non-hydrogen) atoms. The van der Waals surface area contributed by atoms with Gasteiger partial charge in [-0.15, -0.1) is 0 Å². The van der Waals surface area contributed by atoms with Crippen LogP contribution >= 0.6 is 0 Å². The molecule has 4 heteroatoms. The van der Waals surface area contributed by atoms with Crippen molar-refractivity contribution in [2.24, 2.45) is 5.92 Å². The lowest BCUT2D eigenvalue weighted by Crippen LogP contribution is -2.36. The van der Waals surface area contributed by atoms with Crippen LogP contribution in [0.4, 0.5) is 5.82 Å². The molecule has 2 unspecified atom stereocenters. The van der Waals surface area contributed by atoms with Crippen molar-refractivity contribution in [1.82, 2.24) is 9.97 Å². The van der Waals surface area contributed by atoms with Crippen molar-refractivity contribution >= 4 is 5.82 Å². The molecule has 1 aromatic heterocycles. The minimum Gasteiger partial charge on any atom is -0.393 e. The maximum atomic E-state index is 10.2. The summed E-state index contributed by atoms with van der Waals surface area (Å²) in [6, 6.07) is 0. The van der Waals surface area contributed by atoms with Crippen LogP contribution in [0, 0.1) is 12.8 Å². The molecule has 0 bridgehead atoms. The number of fused-ring (bicyclic) bond motifs is 1. The van der Waals surface area contributed by atoms with Gasteiger partial charge in [-0.3, -0.25) is 0 Å². The standard InChI is InChI=1S/C17H27N3O/c1-12-18-15-9-5-4-8-14(15)17(19-12)20(2)11-13-7-3-6-10-16(13)21/h13,16,21H,3-11H2,1-2H3. The second-order valence-electron chi connectivity index (χ2n) is 6.72. The van der Waals surface area contributed by atoms with Crippen molar-refractivity contribution in [2.45, 2.75) is 64.4 Å². The first kappa shape index (κ1) is 14.8. The Kier molecular flexibility index (Phi) is 4.43. The summed E-state index contributed by atoms with van der Waals surface area (Å²) in [5.41, 5.74) is 2.60. The van der Waals surface area contributed by atoms with Crippen LogP contribution in [0.3, 0.4) is 0 Å². The molecule has 0 aliphatic heterocycles. The van der Waals surface area contributed by atoms with E-state index in [1.807, 2.05) is 6.92 Å². The quantitative estimate of drug-likeness (QED) is 0.929. The van der Waals surface area contributed by atoms with Gasteiger partial charge in [0.15, 0.2) is 0 Å². The van der Waals surface area contributed by atoms with Gasteiger partial charge in [0.25, 0.3) is 0 Å². The molecular formula is C17H27N3O. The molecule has 1 heterocycles. The summed E-state index contributed by atoms with van der Waals surface area (Å²) < 4.78 is 0. The molecule has 2 aliphatic rings. The summed E-state index contributed by atoms with van der Waals surface area (Å²) in [4.78, 5) is 11.6. The SMILES string of the molecule is Cc1nc2c(c(N(C)CC3CCCCC3O)n1)CCCC2. The molecule has 0 saturated heterocycles. The third kappa shape index (κ3) is 3.20. The molecule has 3 rings (SSSR count). The van der Waals surface area contributed by atoms with Gasteiger partial charge < -0.3 is 10.0 Å². The van der Waals surface area contributed by atoms with Crippen LogP contribution in [0.2, 0.25) is 0 Å². The molecule has 1 aromatic rings. The zero-order chi connectivity index (χ0) is 14.8. The van der Waals surface area contributed by atoms with Crippen molar-refractivity contribution in [3.8, 4) is 0 Å². The lowest BCUT2D eigenvalue weighted by molar-refractivity contribution is 0.0735. The van der Waals surface area contributed by atoms with E-state index < -0.39 is 0 Å². The predicted molar refractivity (Wildman–Crippen MR) is 84.6 cm³/mol. The second-order valence-corrected chi connectivity index (χ2v) is 6.72. The Hall–Kier alpha value is -1.16. The Morgan fingerprint density at radius 1 is 1.10 bits per heavy atom. The number of rotatable bonds is 3. The summed E-state index contributed by atoms with van der Waals surface area (Å²) in [6.45, 7) is 2.89. The second kappa shape index (κ2) is 6.30. The number of aryl methyl sites for hydroxylation is 2. The van der Waals surface area contributed by atoms with E-state index in [0.29, 0.717) is 5.92 Å². The average Bonchev–Trinajstić information content (AvgIpc) is 2.48. The van der Waals surface area contributed by atoms with Gasteiger partial charge in [-0.1, -0.05) is 12.8 Å². The zero-order valence-corrected chi connectivity index (χ0v) is 13.3. The van der Waals surface area contributed by atoms with Gasteiger partial charge in [0.2, 0.25) is 0 Å². The Morgan fingerprint density at radius 3 is 2.67 bits per heavy atom. The van der Waals surface area contributed by atoms with Gasteiger partial charge in [0.1, 0.15) is 11.6 Å². The Bertz CT molecular complexity index is 503. The maximum Gasteiger partial charge on any atom is 0.135 e. The third-order valence-electron chi connectivity index (χ3n) is 5.01. The summed E-state index contributed by atoms with van der Waals surface area (Å²) in [5.74, 6) is 2.37. The Morgan fingerprint density at radius 2 is 1.86 bits per heavy atom. The fourth-order valence-electron chi connectivity index (χ4n) is 3.85. The lowest BCUT2D eigenvalue weighted by Gasteiger charge is -2.33. The Labute approximate surface area is 127 Å². The fourth-order valence-corrected chi connectivity index (χ4v) is 3.85. The largest absolute Gasteiger partial charge is 0.393 e. The average molecular weight is 289 g/mol. The molecule has 0 aromatic carbocycles. The van der Waals surface area contributed by atoms with Gasteiger partial charge in [0.05, 0.1) is 6.10 Å². The molecule has 0 spiro atoms. The smallest absolute Gasteiger partial charge is 0.135 e. The number of hydrogen-bond donors (Lipinski definition) is 1. The first-order valence-electron chi connectivity index (χ1n) is 8.40. The van der Waals surface area contributed by atoms with Crippen molar-refractivity contribution < 1.29 is 5.11 Å². The molecule has 116 valence electrons. The topological polar surface area (TPSA) is 49.2 Å². The van der Waals surface area contributed by atoms with Crippen LogP contribution in [0.5, 0.6) is 0 Å². The number of aromatic nitrogens is 2. The van der Waals surface area contributed by atoms with Crippen LogP contribution in [0.15, 0.2) is 0 Å². The molecule has 0 amide bonds. The minimum atomic E-state index is -0.139. The highest BCUT2D eigenvalue weighted by molar-refractivity contribution is 5.49. The highest BCUT2D eigenvalue weighted by Gasteiger charge is 2.26. The van der Waals surface area contributed by atoms with Crippen molar-refractivity contribution in [3.05, 3.63) is 17.1 Å². The fraction of sp³-hybridized carbons (Fsp3) is 0.765. The van der Waals surface area contributed by atoms with Gasteiger partial charge in [0, 0.05) is 30.8 Å². The molecule has 4 nitrogen and oxygen atoms in total.